The summed E-state index contributed by atoms with van der Waals surface area (Å²) in [6, 6.07) is 3.37. The van der Waals surface area contributed by atoms with Crippen LogP contribution < -0.4 is 5.32 Å². The molecular formula is C15H20N2O4. The molecule has 0 radical (unpaired) electrons. The van der Waals surface area contributed by atoms with Crippen molar-refractivity contribution < 1.29 is 18.8 Å². The molecule has 6 heteroatoms. The van der Waals surface area contributed by atoms with Gasteiger partial charge in [-0.3, -0.25) is 4.79 Å². The van der Waals surface area contributed by atoms with E-state index in [1.807, 2.05) is 13.8 Å². The van der Waals surface area contributed by atoms with Crippen molar-refractivity contribution in [3.63, 3.8) is 0 Å². The second-order valence-corrected chi connectivity index (χ2v) is 5.33. The Kier molecular flexibility index (Phi) is 4.47. The first-order valence-corrected chi connectivity index (χ1v) is 6.85. The summed E-state index contributed by atoms with van der Waals surface area (Å²) in [4.78, 5) is 11.9. The smallest absolute Gasteiger partial charge is 0.220 e. The lowest BCUT2D eigenvalue weighted by molar-refractivity contribution is -0.122. The van der Waals surface area contributed by atoms with Crippen molar-refractivity contribution in [1.82, 2.24) is 10.5 Å². The maximum absolute atomic E-state index is 11.9. The molecule has 6 nitrogen and oxygen atoms in total. The number of carbonyl (C=O) groups is 1. The third-order valence-corrected chi connectivity index (χ3v) is 3.47. The number of furan rings is 1. The molecule has 0 saturated carbocycles. The molecule has 21 heavy (non-hydrogen) atoms. The summed E-state index contributed by atoms with van der Waals surface area (Å²) in [7, 11) is 0. The maximum atomic E-state index is 11.9. The fourth-order valence-corrected chi connectivity index (χ4v) is 2.13. The quantitative estimate of drug-likeness (QED) is 0.848. The highest BCUT2D eigenvalue weighted by molar-refractivity contribution is 5.76. The third-order valence-electron chi connectivity index (χ3n) is 3.47. The molecule has 0 spiro atoms. The fourth-order valence-electron chi connectivity index (χ4n) is 2.13. The van der Waals surface area contributed by atoms with E-state index in [-0.39, 0.29) is 12.5 Å². The summed E-state index contributed by atoms with van der Waals surface area (Å²) in [6.45, 7) is 5.38. The second kappa shape index (κ2) is 6.13. The van der Waals surface area contributed by atoms with E-state index in [9.17, 15) is 9.90 Å². The lowest BCUT2D eigenvalue weighted by Crippen LogP contribution is -2.38. The lowest BCUT2D eigenvalue weighted by Gasteiger charge is -2.21. The minimum Gasteiger partial charge on any atom is -0.466 e. The molecule has 0 unspecified atom stereocenters. The van der Waals surface area contributed by atoms with Crippen molar-refractivity contribution >= 4 is 5.91 Å². The highest BCUT2D eigenvalue weighted by Gasteiger charge is 2.26. The van der Waals surface area contributed by atoms with Crippen LogP contribution >= 0.6 is 0 Å². The molecule has 0 aromatic carbocycles. The van der Waals surface area contributed by atoms with Crippen LogP contribution in [0.25, 0.3) is 0 Å². The molecule has 0 aliphatic heterocycles. The number of aryl methyl sites for hydroxylation is 2. The molecule has 2 N–H and O–H groups in total. The van der Waals surface area contributed by atoms with Gasteiger partial charge in [0.1, 0.15) is 17.1 Å². The largest absolute Gasteiger partial charge is 0.466 e. The van der Waals surface area contributed by atoms with Crippen molar-refractivity contribution in [3.8, 4) is 0 Å². The molecule has 2 aromatic heterocycles. The van der Waals surface area contributed by atoms with Gasteiger partial charge in [-0.25, -0.2) is 0 Å². The van der Waals surface area contributed by atoms with Crippen molar-refractivity contribution in [3.05, 3.63) is 41.2 Å². The van der Waals surface area contributed by atoms with E-state index >= 15 is 0 Å². The van der Waals surface area contributed by atoms with Crippen molar-refractivity contribution in [2.24, 2.45) is 0 Å². The Hall–Kier alpha value is -2.08. The van der Waals surface area contributed by atoms with E-state index in [0.29, 0.717) is 18.6 Å². The third kappa shape index (κ3) is 3.72. The summed E-state index contributed by atoms with van der Waals surface area (Å²) < 4.78 is 10.2. The molecule has 0 aliphatic carbocycles. The SMILES string of the molecule is Cc1noc(C)c1CCC(=O)NC[C@@](C)(O)c1ccco1. The van der Waals surface area contributed by atoms with E-state index in [2.05, 4.69) is 10.5 Å². The number of nitrogens with zero attached hydrogens (tertiary/aromatic N) is 1. The zero-order chi connectivity index (χ0) is 15.5. The van der Waals surface area contributed by atoms with Gasteiger partial charge in [-0.15, -0.1) is 0 Å². The van der Waals surface area contributed by atoms with Crippen LogP contribution in [0, 0.1) is 13.8 Å². The van der Waals surface area contributed by atoms with Crippen LogP contribution in [0.2, 0.25) is 0 Å². The Bertz CT molecular complexity index is 580. The van der Waals surface area contributed by atoms with Gasteiger partial charge < -0.3 is 19.4 Å². The number of aromatic nitrogens is 1. The molecule has 0 saturated heterocycles. The molecular weight excluding hydrogens is 272 g/mol. The first-order valence-electron chi connectivity index (χ1n) is 6.85. The normalized spacial score (nSPS) is 13.9. The Balaban J connectivity index is 1.83. The lowest BCUT2D eigenvalue weighted by atomic mass is 10.0. The van der Waals surface area contributed by atoms with Gasteiger partial charge in [-0.05, 0) is 39.3 Å². The van der Waals surface area contributed by atoms with E-state index in [0.717, 1.165) is 17.0 Å². The zero-order valence-corrected chi connectivity index (χ0v) is 12.5. The minimum atomic E-state index is -1.22. The topological polar surface area (TPSA) is 88.5 Å². The van der Waals surface area contributed by atoms with Crippen LogP contribution in [-0.2, 0) is 16.8 Å². The van der Waals surface area contributed by atoms with Gasteiger partial charge >= 0.3 is 0 Å². The van der Waals surface area contributed by atoms with Gasteiger partial charge in [0, 0.05) is 12.0 Å². The summed E-state index contributed by atoms with van der Waals surface area (Å²) in [5, 5.41) is 16.8. The van der Waals surface area contributed by atoms with Gasteiger partial charge in [0.2, 0.25) is 5.91 Å². The van der Waals surface area contributed by atoms with Crippen molar-refractivity contribution in [2.75, 3.05) is 6.54 Å². The summed E-state index contributed by atoms with van der Waals surface area (Å²) in [5.74, 6) is 1.03. The van der Waals surface area contributed by atoms with Gasteiger partial charge in [-0.1, -0.05) is 5.16 Å². The molecule has 2 heterocycles. The molecule has 0 bridgehead atoms. The Morgan fingerprint density at radius 1 is 1.48 bits per heavy atom. The van der Waals surface area contributed by atoms with Crippen LogP contribution in [0.15, 0.2) is 27.3 Å². The number of aliphatic hydroxyl groups is 1. The van der Waals surface area contributed by atoms with Crippen molar-refractivity contribution in [2.45, 2.75) is 39.2 Å². The highest BCUT2D eigenvalue weighted by atomic mass is 16.5. The number of hydrogen-bond donors (Lipinski definition) is 2. The summed E-state index contributed by atoms with van der Waals surface area (Å²) >= 11 is 0. The number of nitrogens with one attached hydrogen (secondary N) is 1. The first kappa shape index (κ1) is 15.3. The Morgan fingerprint density at radius 3 is 2.81 bits per heavy atom. The van der Waals surface area contributed by atoms with E-state index in [1.165, 1.54) is 6.26 Å². The van der Waals surface area contributed by atoms with E-state index in [1.54, 1.807) is 19.1 Å². The van der Waals surface area contributed by atoms with E-state index < -0.39 is 5.60 Å². The van der Waals surface area contributed by atoms with Gasteiger partial charge in [0.15, 0.2) is 0 Å². The Morgan fingerprint density at radius 2 is 2.24 bits per heavy atom. The number of carbonyl (C=O) groups excluding carboxylic acids is 1. The monoisotopic (exact) mass is 292 g/mol. The molecule has 0 fully saturated rings. The van der Waals surface area contributed by atoms with Crippen LogP contribution in [0.3, 0.4) is 0 Å². The first-order chi connectivity index (χ1) is 9.90. The van der Waals surface area contributed by atoms with Crippen LogP contribution in [0.4, 0.5) is 0 Å². The average molecular weight is 292 g/mol. The predicted molar refractivity (Wildman–Crippen MR) is 75.6 cm³/mol. The van der Waals surface area contributed by atoms with Crippen LogP contribution in [0.1, 0.15) is 36.1 Å². The predicted octanol–water partition coefficient (Wildman–Crippen LogP) is 1.84. The van der Waals surface area contributed by atoms with Crippen LogP contribution in [-0.4, -0.2) is 22.7 Å². The standard InChI is InChI=1S/C15H20N2O4/c1-10-12(11(2)21-17-10)6-7-14(18)16-9-15(3,19)13-5-4-8-20-13/h4-5,8,19H,6-7,9H2,1-3H3,(H,16,18)/t15-/m1/s1. The van der Waals surface area contributed by atoms with Gasteiger partial charge in [0.25, 0.3) is 0 Å². The van der Waals surface area contributed by atoms with Crippen LogP contribution in [0.5, 0.6) is 0 Å². The molecule has 2 rings (SSSR count). The number of rotatable bonds is 6. The number of hydrogen-bond acceptors (Lipinski definition) is 5. The minimum absolute atomic E-state index is 0.0982. The summed E-state index contributed by atoms with van der Waals surface area (Å²) in [5.41, 5.74) is 0.549. The molecule has 1 amide bonds. The molecule has 1 atom stereocenters. The summed E-state index contributed by atoms with van der Waals surface area (Å²) in [6.07, 6.45) is 2.37. The second-order valence-electron chi connectivity index (χ2n) is 5.33. The average Bonchev–Trinajstić information content (AvgIpc) is 3.06. The molecule has 0 aliphatic rings. The zero-order valence-electron chi connectivity index (χ0n) is 12.5. The maximum Gasteiger partial charge on any atom is 0.220 e. The van der Waals surface area contributed by atoms with Gasteiger partial charge in [0.05, 0.1) is 18.5 Å². The Labute approximate surface area is 123 Å². The fraction of sp³-hybridized carbons (Fsp3) is 0.467. The molecule has 114 valence electrons. The number of amides is 1. The molecule has 2 aromatic rings. The van der Waals surface area contributed by atoms with Crippen molar-refractivity contribution in [1.29, 1.82) is 0 Å². The highest BCUT2D eigenvalue weighted by Crippen LogP contribution is 2.20. The van der Waals surface area contributed by atoms with Gasteiger partial charge in [-0.2, -0.15) is 0 Å². The van der Waals surface area contributed by atoms with E-state index in [4.69, 9.17) is 8.94 Å².